The molecule has 1 rings (SSSR count). The van der Waals surface area contributed by atoms with E-state index in [1.807, 2.05) is 5.32 Å². The average Bonchev–Trinajstić information content (AvgIpc) is 2.17. The summed E-state index contributed by atoms with van der Waals surface area (Å²) < 4.78 is 37.2. The van der Waals surface area contributed by atoms with Crippen LogP contribution in [-0.4, -0.2) is 18.1 Å². The first-order chi connectivity index (χ1) is 6.95. The number of nitrogens with zero attached hydrogens (tertiary/aromatic N) is 1. The van der Waals surface area contributed by atoms with Crippen LogP contribution in [0.4, 0.5) is 23.7 Å². The van der Waals surface area contributed by atoms with E-state index in [-0.39, 0.29) is 5.69 Å². The Balaban J connectivity index is 3.02. The van der Waals surface area contributed by atoms with Crippen LogP contribution < -0.4 is 10.6 Å². The molecule has 0 atom stereocenters. The summed E-state index contributed by atoms with van der Waals surface area (Å²) in [7, 11) is 1.30. The Kier molecular flexibility index (Phi) is 3.13. The zero-order valence-corrected chi connectivity index (χ0v) is 7.72. The normalized spacial score (nSPS) is 10.9. The average molecular weight is 219 g/mol. The molecule has 0 unspecified atom stereocenters. The van der Waals surface area contributed by atoms with Gasteiger partial charge in [-0.05, 0) is 6.07 Å². The number of aromatic nitrogens is 1. The third kappa shape index (κ3) is 2.83. The minimum Gasteiger partial charge on any atom is -0.341 e. The highest BCUT2D eigenvalue weighted by molar-refractivity contribution is 5.89. The quantitative estimate of drug-likeness (QED) is 0.757. The van der Waals surface area contributed by atoms with E-state index in [1.165, 1.54) is 7.05 Å². The Bertz CT molecular complexity index is 364. The van der Waals surface area contributed by atoms with E-state index in [0.29, 0.717) is 0 Å². The second-order valence-electron chi connectivity index (χ2n) is 2.62. The number of amides is 2. The minimum atomic E-state index is -4.51. The van der Waals surface area contributed by atoms with Crippen LogP contribution in [0.25, 0.3) is 0 Å². The van der Waals surface area contributed by atoms with E-state index in [9.17, 15) is 18.0 Å². The third-order valence-corrected chi connectivity index (χ3v) is 1.60. The second-order valence-corrected chi connectivity index (χ2v) is 2.62. The highest BCUT2D eigenvalue weighted by Crippen LogP contribution is 2.33. The summed E-state index contributed by atoms with van der Waals surface area (Å²) >= 11 is 0. The largest absolute Gasteiger partial charge is 0.418 e. The number of urea groups is 1. The molecule has 0 saturated heterocycles. The summed E-state index contributed by atoms with van der Waals surface area (Å²) in [5.41, 5.74) is -1.30. The molecular formula is C8H8F3N3O. The Morgan fingerprint density at radius 1 is 1.47 bits per heavy atom. The molecule has 0 radical (unpaired) electrons. The smallest absolute Gasteiger partial charge is 0.341 e. The molecule has 0 bridgehead atoms. The summed E-state index contributed by atoms with van der Waals surface area (Å²) in [4.78, 5) is 14.3. The fourth-order valence-corrected chi connectivity index (χ4v) is 0.926. The van der Waals surface area contributed by atoms with Crippen molar-refractivity contribution in [1.82, 2.24) is 10.3 Å². The summed E-state index contributed by atoms with van der Waals surface area (Å²) in [6, 6.07) is 0.0687. The molecule has 0 fully saturated rings. The van der Waals surface area contributed by atoms with Gasteiger partial charge in [0.15, 0.2) is 0 Å². The van der Waals surface area contributed by atoms with Gasteiger partial charge < -0.3 is 10.6 Å². The lowest BCUT2D eigenvalue weighted by Gasteiger charge is -2.12. The van der Waals surface area contributed by atoms with E-state index in [2.05, 4.69) is 10.3 Å². The molecule has 2 amide bonds. The van der Waals surface area contributed by atoms with Gasteiger partial charge in [0.25, 0.3) is 0 Å². The summed E-state index contributed by atoms with van der Waals surface area (Å²) in [6.07, 6.45) is -2.56. The first-order valence-electron chi connectivity index (χ1n) is 3.95. The van der Waals surface area contributed by atoms with Crippen LogP contribution in [0.5, 0.6) is 0 Å². The van der Waals surface area contributed by atoms with E-state index >= 15 is 0 Å². The van der Waals surface area contributed by atoms with E-state index in [1.54, 1.807) is 0 Å². The van der Waals surface area contributed by atoms with Gasteiger partial charge in [-0.15, -0.1) is 0 Å². The van der Waals surface area contributed by atoms with Gasteiger partial charge in [0.05, 0.1) is 17.4 Å². The van der Waals surface area contributed by atoms with Crippen LogP contribution in [0.1, 0.15) is 5.56 Å². The summed E-state index contributed by atoms with van der Waals surface area (Å²) in [6.45, 7) is 0. The fourth-order valence-electron chi connectivity index (χ4n) is 0.926. The number of nitrogens with one attached hydrogen (secondary N) is 2. The number of pyridine rings is 1. The Labute approximate surface area is 83.5 Å². The molecule has 1 aromatic heterocycles. The number of rotatable bonds is 1. The molecule has 0 saturated carbocycles. The van der Waals surface area contributed by atoms with E-state index < -0.39 is 17.8 Å². The van der Waals surface area contributed by atoms with Crippen molar-refractivity contribution in [3.63, 3.8) is 0 Å². The van der Waals surface area contributed by atoms with Crippen molar-refractivity contribution in [2.45, 2.75) is 6.18 Å². The lowest BCUT2D eigenvalue weighted by Crippen LogP contribution is -2.26. The zero-order valence-electron chi connectivity index (χ0n) is 7.72. The predicted octanol–water partition coefficient (Wildman–Crippen LogP) is 1.85. The predicted molar refractivity (Wildman–Crippen MR) is 47.3 cm³/mol. The molecule has 0 aliphatic carbocycles. The van der Waals surface area contributed by atoms with Crippen molar-refractivity contribution >= 4 is 11.7 Å². The van der Waals surface area contributed by atoms with Crippen molar-refractivity contribution in [3.8, 4) is 0 Å². The molecule has 0 spiro atoms. The lowest BCUT2D eigenvalue weighted by atomic mass is 10.2. The Hall–Kier alpha value is -1.79. The summed E-state index contributed by atoms with van der Waals surface area (Å²) in [5.74, 6) is 0. The van der Waals surface area contributed by atoms with Crippen LogP contribution in [0, 0.1) is 0 Å². The number of halogens is 3. The Morgan fingerprint density at radius 2 is 2.13 bits per heavy atom. The van der Waals surface area contributed by atoms with Gasteiger partial charge in [-0.3, -0.25) is 4.98 Å². The van der Waals surface area contributed by atoms with Crippen molar-refractivity contribution < 1.29 is 18.0 Å². The number of hydrogen-bond acceptors (Lipinski definition) is 2. The van der Waals surface area contributed by atoms with E-state index in [0.717, 1.165) is 18.5 Å². The van der Waals surface area contributed by atoms with Gasteiger partial charge >= 0.3 is 12.2 Å². The topological polar surface area (TPSA) is 54.0 Å². The molecule has 7 heteroatoms. The van der Waals surface area contributed by atoms with Crippen molar-refractivity contribution in [2.24, 2.45) is 0 Å². The minimum absolute atomic E-state index is 0.371. The van der Waals surface area contributed by atoms with Crippen LogP contribution in [0.3, 0.4) is 0 Å². The van der Waals surface area contributed by atoms with E-state index in [4.69, 9.17) is 0 Å². The van der Waals surface area contributed by atoms with Crippen molar-refractivity contribution in [1.29, 1.82) is 0 Å². The molecule has 2 N–H and O–H groups in total. The SMILES string of the molecule is CNC(=O)Nc1cnccc1C(F)(F)F. The van der Waals surface area contributed by atoms with Gasteiger partial charge in [0, 0.05) is 13.2 Å². The van der Waals surface area contributed by atoms with Gasteiger partial charge in [-0.25, -0.2) is 4.79 Å². The zero-order chi connectivity index (χ0) is 11.5. The lowest BCUT2D eigenvalue weighted by molar-refractivity contribution is -0.137. The van der Waals surface area contributed by atoms with Crippen molar-refractivity contribution in [2.75, 3.05) is 12.4 Å². The number of hydrogen-bond donors (Lipinski definition) is 2. The molecule has 15 heavy (non-hydrogen) atoms. The molecular weight excluding hydrogens is 211 g/mol. The molecule has 82 valence electrons. The number of anilines is 1. The number of alkyl halides is 3. The maximum atomic E-state index is 12.4. The van der Waals surface area contributed by atoms with Crippen molar-refractivity contribution in [3.05, 3.63) is 24.0 Å². The first kappa shape index (κ1) is 11.3. The fraction of sp³-hybridized carbons (Fsp3) is 0.250. The third-order valence-electron chi connectivity index (χ3n) is 1.60. The maximum absolute atomic E-state index is 12.4. The van der Waals surface area contributed by atoms with Crippen LogP contribution in [0.15, 0.2) is 18.5 Å². The van der Waals surface area contributed by atoms with Gasteiger partial charge in [-0.1, -0.05) is 0 Å². The maximum Gasteiger partial charge on any atom is 0.418 e. The molecule has 1 heterocycles. The first-order valence-corrected chi connectivity index (χ1v) is 3.95. The van der Waals surface area contributed by atoms with Gasteiger partial charge in [-0.2, -0.15) is 13.2 Å². The van der Waals surface area contributed by atoms with Gasteiger partial charge in [0.1, 0.15) is 0 Å². The highest BCUT2D eigenvalue weighted by atomic mass is 19.4. The van der Waals surface area contributed by atoms with Crippen LogP contribution in [0.2, 0.25) is 0 Å². The number of carbonyl (C=O) groups excluding carboxylic acids is 1. The highest BCUT2D eigenvalue weighted by Gasteiger charge is 2.33. The standard InChI is InChI=1S/C8H8F3N3O/c1-12-7(15)14-6-4-13-3-2-5(6)8(9,10)11/h2-4H,1H3,(H2,12,14,15). The van der Waals surface area contributed by atoms with Gasteiger partial charge in [0.2, 0.25) is 0 Å². The Morgan fingerprint density at radius 3 is 2.67 bits per heavy atom. The molecule has 0 aromatic carbocycles. The molecule has 0 aliphatic heterocycles. The monoisotopic (exact) mass is 219 g/mol. The second kappa shape index (κ2) is 4.16. The molecule has 1 aromatic rings. The summed E-state index contributed by atoms with van der Waals surface area (Å²) in [5, 5.41) is 4.18. The molecule has 4 nitrogen and oxygen atoms in total. The van der Waals surface area contributed by atoms with Crippen LogP contribution in [-0.2, 0) is 6.18 Å². The van der Waals surface area contributed by atoms with Crippen LogP contribution >= 0.6 is 0 Å². The molecule has 0 aliphatic rings. The number of carbonyl (C=O) groups is 1.